The number of ether oxygens (including phenoxy) is 1. The molecule has 0 spiro atoms. The van der Waals surface area contributed by atoms with Crippen molar-refractivity contribution >= 4 is 5.78 Å². The van der Waals surface area contributed by atoms with Gasteiger partial charge in [-0.3, -0.25) is 4.79 Å². The third kappa shape index (κ3) is 4.83. The molecule has 1 aliphatic carbocycles. The Morgan fingerprint density at radius 1 is 1.46 bits per heavy atom. The summed E-state index contributed by atoms with van der Waals surface area (Å²) in [4.78, 5) is 10.7. The molecule has 1 aliphatic rings. The van der Waals surface area contributed by atoms with Crippen LogP contribution in [0, 0.1) is 0 Å². The highest BCUT2D eigenvalue weighted by Gasteiger charge is 2.07. The number of carbonyl (C=O) groups is 1. The van der Waals surface area contributed by atoms with Crippen LogP contribution in [0.1, 0.15) is 39.0 Å². The first-order chi connectivity index (χ1) is 6.29. The molecule has 2 nitrogen and oxygen atoms in total. The topological polar surface area (TPSA) is 26.3 Å². The minimum absolute atomic E-state index is 0.107. The number of ketones is 1. The van der Waals surface area contributed by atoms with Crippen molar-refractivity contribution in [1.82, 2.24) is 0 Å². The van der Waals surface area contributed by atoms with Crippen molar-refractivity contribution in [2.45, 2.75) is 45.1 Å². The standard InChI is InChI=1S/C11H18O2/c1-10(12)9-13-11-7-5-3-2-4-6-8-11/h5,7,11H,2-4,6,8-9H2,1H3. The van der Waals surface area contributed by atoms with Gasteiger partial charge in [-0.25, -0.2) is 0 Å². The predicted octanol–water partition coefficient (Wildman–Crippen LogP) is 2.48. The quantitative estimate of drug-likeness (QED) is 0.627. The first-order valence-corrected chi connectivity index (χ1v) is 5.07. The zero-order valence-corrected chi connectivity index (χ0v) is 8.29. The monoisotopic (exact) mass is 182 g/mol. The lowest BCUT2D eigenvalue weighted by molar-refractivity contribution is -0.122. The Balaban J connectivity index is 2.28. The van der Waals surface area contributed by atoms with Gasteiger partial charge in [-0.1, -0.05) is 25.0 Å². The SMILES string of the molecule is CC(=O)COC1C=CCCCCC1. The molecule has 0 saturated heterocycles. The van der Waals surface area contributed by atoms with Crippen molar-refractivity contribution in [3.8, 4) is 0 Å². The van der Waals surface area contributed by atoms with Crippen LogP contribution in [0.2, 0.25) is 0 Å². The molecular weight excluding hydrogens is 164 g/mol. The lowest BCUT2D eigenvalue weighted by atomic mass is 10.0. The summed E-state index contributed by atoms with van der Waals surface area (Å²) in [6.07, 6.45) is 10.4. The predicted molar refractivity (Wildman–Crippen MR) is 52.6 cm³/mol. The summed E-state index contributed by atoms with van der Waals surface area (Å²) in [6, 6.07) is 0. The van der Waals surface area contributed by atoms with E-state index in [-0.39, 0.29) is 18.5 Å². The Hall–Kier alpha value is -0.630. The van der Waals surface area contributed by atoms with Gasteiger partial charge in [0.05, 0.1) is 6.10 Å². The van der Waals surface area contributed by atoms with Gasteiger partial charge in [0.2, 0.25) is 0 Å². The molecule has 1 rings (SSSR count). The van der Waals surface area contributed by atoms with Gasteiger partial charge in [0.25, 0.3) is 0 Å². The maximum atomic E-state index is 10.7. The summed E-state index contributed by atoms with van der Waals surface area (Å²) in [7, 11) is 0. The summed E-state index contributed by atoms with van der Waals surface area (Å²) in [5.74, 6) is 0.107. The average Bonchev–Trinajstić information content (AvgIpc) is 2.01. The number of allylic oxidation sites excluding steroid dienone is 1. The van der Waals surface area contributed by atoms with E-state index in [1.165, 1.54) is 19.3 Å². The van der Waals surface area contributed by atoms with Gasteiger partial charge in [0, 0.05) is 0 Å². The van der Waals surface area contributed by atoms with Crippen LogP contribution in [-0.2, 0) is 9.53 Å². The summed E-state index contributed by atoms with van der Waals surface area (Å²) in [6.45, 7) is 1.82. The van der Waals surface area contributed by atoms with E-state index in [9.17, 15) is 4.79 Å². The molecule has 0 aromatic heterocycles. The molecule has 0 bridgehead atoms. The van der Waals surface area contributed by atoms with Crippen molar-refractivity contribution in [1.29, 1.82) is 0 Å². The van der Waals surface area contributed by atoms with Crippen molar-refractivity contribution in [3.63, 3.8) is 0 Å². The second kappa shape index (κ2) is 5.92. The van der Waals surface area contributed by atoms with E-state index in [0.717, 1.165) is 12.8 Å². The molecule has 0 N–H and O–H groups in total. The molecule has 0 fully saturated rings. The largest absolute Gasteiger partial charge is 0.366 e. The van der Waals surface area contributed by atoms with Gasteiger partial charge in [-0.15, -0.1) is 0 Å². The van der Waals surface area contributed by atoms with Crippen LogP contribution in [0.5, 0.6) is 0 Å². The maximum Gasteiger partial charge on any atom is 0.155 e. The normalized spacial score (nSPS) is 23.6. The number of carbonyl (C=O) groups excluding carboxylic acids is 1. The van der Waals surface area contributed by atoms with E-state index in [1.807, 2.05) is 0 Å². The highest BCUT2D eigenvalue weighted by molar-refractivity contribution is 5.76. The molecular formula is C11H18O2. The van der Waals surface area contributed by atoms with Crippen LogP contribution < -0.4 is 0 Å². The number of rotatable bonds is 3. The fourth-order valence-electron chi connectivity index (χ4n) is 1.49. The Labute approximate surface area is 80.0 Å². The van der Waals surface area contributed by atoms with Crippen molar-refractivity contribution in [2.75, 3.05) is 6.61 Å². The molecule has 0 amide bonds. The molecule has 0 aliphatic heterocycles. The van der Waals surface area contributed by atoms with Gasteiger partial charge in [0.15, 0.2) is 5.78 Å². The Morgan fingerprint density at radius 2 is 2.31 bits per heavy atom. The fourth-order valence-corrected chi connectivity index (χ4v) is 1.49. The van der Waals surface area contributed by atoms with Crippen molar-refractivity contribution < 1.29 is 9.53 Å². The first kappa shape index (κ1) is 10.5. The van der Waals surface area contributed by atoms with Crippen LogP contribution in [0.25, 0.3) is 0 Å². The third-order valence-electron chi connectivity index (χ3n) is 2.21. The highest BCUT2D eigenvalue weighted by atomic mass is 16.5. The number of hydrogen-bond donors (Lipinski definition) is 0. The Kier molecular flexibility index (Phi) is 4.76. The van der Waals surface area contributed by atoms with Crippen molar-refractivity contribution in [2.24, 2.45) is 0 Å². The van der Waals surface area contributed by atoms with Gasteiger partial charge in [-0.2, -0.15) is 0 Å². The smallest absolute Gasteiger partial charge is 0.155 e. The second-order valence-electron chi connectivity index (χ2n) is 3.62. The summed E-state index contributed by atoms with van der Waals surface area (Å²) in [5.41, 5.74) is 0. The molecule has 0 radical (unpaired) electrons. The van der Waals surface area contributed by atoms with E-state index < -0.39 is 0 Å². The highest BCUT2D eigenvalue weighted by Crippen LogP contribution is 2.13. The molecule has 0 heterocycles. The molecule has 0 aromatic rings. The molecule has 13 heavy (non-hydrogen) atoms. The van der Waals surface area contributed by atoms with Gasteiger partial charge < -0.3 is 4.74 Å². The van der Waals surface area contributed by atoms with E-state index >= 15 is 0 Å². The van der Waals surface area contributed by atoms with Crippen LogP contribution in [0.4, 0.5) is 0 Å². The molecule has 1 unspecified atom stereocenters. The van der Waals surface area contributed by atoms with Gasteiger partial charge in [0.1, 0.15) is 6.61 Å². The van der Waals surface area contributed by atoms with E-state index in [2.05, 4.69) is 12.2 Å². The average molecular weight is 182 g/mol. The van der Waals surface area contributed by atoms with E-state index in [4.69, 9.17) is 4.74 Å². The van der Waals surface area contributed by atoms with Gasteiger partial charge >= 0.3 is 0 Å². The molecule has 2 heteroatoms. The summed E-state index contributed by atoms with van der Waals surface area (Å²) >= 11 is 0. The zero-order valence-electron chi connectivity index (χ0n) is 8.29. The van der Waals surface area contributed by atoms with E-state index in [1.54, 1.807) is 6.92 Å². The lowest BCUT2D eigenvalue weighted by Crippen LogP contribution is -2.15. The Morgan fingerprint density at radius 3 is 3.08 bits per heavy atom. The third-order valence-corrected chi connectivity index (χ3v) is 2.21. The van der Waals surface area contributed by atoms with Crippen LogP contribution in [-0.4, -0.2) is 18.5 Å². The fraction of sp³-hybridized carbons (Fsp3) is 0.727. The van der Waals surface area contributed by atoms with Crippen LogP contribution in [0.15, 0.2) is 12.2 Å². The van der Waals surface area contributed by atoms with E-state index in [0.29, 0.717) is 0 Å². The number of hydrogen-bond acceptors (Lipinski definition) is 2. The second-order valence-corrected chi connectivity index (χ2v) is 3.62. The molecule has 0 saturated carbocycles. The summed E-state index contributed by atoms with van der Waals surface area (Å²) in [5, 5.41) is 0. The minimum Gasteiger partial charge on any atom is -0.366 e. The Bertz CT molecular complexity index is 185. The number of Topliss-reactive ketones (excluding diaryl/α,β-unsaturated/α-hetero) is 1. The zero-order chi connectivity index (χ0) is 9.52. The maximum absolute atomic E-state index is 10.7. The minimum atomic E-state index is 0.107. The van der Waals surface area contributed by atoms with Crippen LogP contribution in [0.3, 0.4) is 0 Å². The van der Waals surface area contributed by atoms with Crippen LogP contribution >= 0.6 is 0 Å². The molecule has 74 valence electrons. The van der Waals surface area contributed by atoms with Gasteiger partial charge in [-0.05, 0) is 26.2 Å². The lowest BCUT2D eigenvalue weighted by Gasteiger charge is -2.14. The first-order valence-electron chi connectivity index (χ1n) is 5.07. The molecule has 0 aromatic carbocycles. The van der Waals surface area contributed by atoms with Crippen molar-refractivity contribution in [3.05, 3.63) is 12.2 Å². The molecule has 1 atom stereocenters. The summed E-state index contributed by atoms with van der Waals surface area (Å²) < 4.78 is 5.44.